The minimum absolute atomic E-state index is 0.367. The molecule has 1 saturated heterocycles. The molecule has 1 fully saturated rings. The van der Waals surface area contributed by atoms with E-state index in [2.05, 4.69) is 22.0 Å². The molecule has 0 aromatic carbocycles. The van der Waals surface area contributed by atoms with Crippen molar-refractivity contribution in [1.29, 1.82) is 0 Å². The summed E-state index contributed by atoms with van der Waals surface area (Å²) < 4.78 is 4.69. The third-order valence-electron chi connectivity index (χ3n) is 3.11. The zero-order valence-corrected chi connectivity index (χ0v) is 9.09. The lowest BCUT2D eigenvalue weighted by Gasteiger charge is -2.34. The van der Waals surface area contributed by atoms with E-state index in [1.807, 2.05) is 0 Å². The number of rotatable bonds is 3. The van der Waals surface area contributed by atoms with Crippen LogP contribution in [-0.4, -0.2) is 40.7 Å². The summed E-state index contributed by atoms with van der Waals surface area (Å²) in [6.07, 6.45) is 3.33. The third kappa shape index (κ3) is 2.76. The number of aromatic nitrogens is 2. The summed E-state index contributed by atoms with van der Waals surface area (Å²) in [5, 5.41) is 3.80. The molecule has 0 saturated carbocycles. The molecule has 1 aliphatic rings. The monoisotopic (exact) mass is 210 g/mol. The summed E-state index contributed by atoms with van der Waals surface area (Å²) in [6, 6.07) is 0.367. The second kappa shape index (κ2) is 4.72. The highest BCUT2D eigenvalue weighted by atomic mass is 16.5. The summed E-state index contributed by atoms with van der Waals surface area (Å²) >= 11 is 0. The standard InChI is InChI=1S/C10H18N4O/c1-8-6-14(4-2-9(8)11)5-3-10-12-7-15-13-10/h7-9H,2-6,11H2,1H3. The van der Waals surface area contributed by atoms with Crippen LogP contribution in [0.25, 0.3) is 0 Å². The first kappa shape index (κ1) is 10.6. The predicted octanol–water partition coefficient (Wildman–Crippen LogP) is 0.281. The molecule has 0 spiro atoms. The zero-order valence-electron chi connectivity index (χ0n) is 9.09. The lowest BCUT2D eigenvalue weighted by molar-refractivity contribution is 0.165. The van der Waals surface area contributed by atoms with Gasteiger partial charge in [-0.1, -0.05) is 12.1 Å². The minimum atomic E-state index is 0.367. The van der Waals surface area contributed by atoms with Gasteiger partial charge in [0.25, 0.3) is 0 Å². The van der Waals surface area contributed by atoms with Crippen LogP contribution in [0.1, 0.15) is 19.2 Å². The first-order valence-electron chi connectivity index (χ1n) is 5.49. The van der Waals surface area contributed by atoms with E-state index < -0.39 is 0 Å². The molecule has 15 heavy (non-hydrogen) atoms. The molecule has 1 aliphatic heterocycles. The molecule has 2 unspecified atom stereocenters. The van der Waals surface area contributed by atoms with E-state index in [0.29, 0.717) is 12.0 Å². The molecule has 84 valence electrons. The van der Waals surface area contributed by atoms with Crippen LogP contribution >= 0.6 is 0 Å². The van der Waals surface area contributed by atoms with E-state index in [9.17, 15) is 0 Å². The van der Waals surface area contributed by atoms with Crippen LogP contribution in [0.4, 0.5) is 0 Å². The molecule has 2 N–H and O–H groups in total. The first-order chi connectivity index (χ1) is 7.25. The fraction of sp³-hybridized carbons (Fsp3) is 0.800. The Bertz CT molecular complexity index is 288. The second-order valence-corrected chi connectivity index (χ2v) is 4.33. The molecule has 2 rings (SSSR count). The summed E-state index contributed by atoms with van der Waals surface area (Å²) in [6.45, 7) is 5.38. The van der Waals surface area contributed by atoms with Gasteiger partial charge in [-0.2, -0.15) is 4.98 Å². The van der Waals surface area contributed by atoms with Gasteiger partial charge in [0, 0.05) is 25.6 Å². The van der Waals surface area contributed by atoms with E-state index in [1.54, 1.807) is 0 Å². The summed E-state index contributed by atoms with van der Waals surface area (Å²) in [5.74, 6) is 1.38. The molecule has 0 bridgehead atoms. The number of hydrogen-bond donors (Lipinski definition) is 1. The molecule has 0 amide bonds. The highest BCUT2D eigenvalue weighted by Gasteiger charge is 2.22. The van der Waals surface area contributed by atoms with Gasteiger partial charge in [-0.05, 0) is 18.9 Å². The topological polar surface area (TPSA) is 68.2 Å². The minimum Gasteiger partial charge on any atom is -0.343 e. The van der Waals surface area contributed by atoms with Gasteiger partial charge in [-0.15, -0.1) is 0 Å². The first-order valence-corrected chi connectivity index (χ1v) is 5.49. The second-order valence-electron chi connectivity index (χ2n) is 4.33. The number of likely N-dealkylation sites (tertiary alicyclic amines) is 1. The van der Waals surface area contributed by atoms with Crippen LogP contribution < -0.4 is 5.73 Å². The largest absolute Gasteiger partial charge is 0.343 e. The van der Waals surface area contributed by atoms with Gasteiger partial charge in [0.15, 0.2) is 5.82 Å². The molecule has 5 heteroatoms. The molecule has 1 aromatic rings. The van der Waals surface area contributed by atoms with Crippen molar-refractivity contribution < 1.29 is 4.52 Å². The van der Waals surface area contributed by atoms with Crippen molar-refractivity contribution in [3.63, 3.8) is 0 Å². The Labute approximate surface area is 89.6 Å². The predicted molar refractivity (Wildman–Crippen MR) is 56.2 cm³/mol. The highest BCUT2D eigenvalue weighted by molar-refractivity contribution is 4.84. The van der Waals surface area contributed by atoms with Gasteiger partial charge in [-0.25, -0.2) is 0 Å². The quantitative estimate of drug-likeness (QED) is 0.776. The van der Waals surface area contributed by atoms with Crippen LogP contribution in [0, 0.1) is 5.92 Å². The Balaban J connectivity index is 1.76. The maximum absolute atomic E-state index is 5.96. The molecule has 2 atom stereocenters. The summed E-state index contributed by atoms with van der Waals surface area (Å²) in [4.78, 5) is 6.43. The van der Waals surface area contributed by atoms with Crippen molar-refractivity contribution in [3.05, 3.63) is 12.2 Å². The summed E-state index contributed by atoms with van der Waals surface area (Å²) in [5.41, 5.74) is 5.96. The number of hydrogen-bond acceptors (Lipinski definition) is 5. The average molecular weight is 210 g/mol. The Morgan fingerprint density at radius 2 is 2.53 bits per heavy atom. The fourth-order valence-corrected chi connectivity index (χ4v) is 2.01. The van der Waals surface area contributed by atoms with Gasteiger partial charge in [-0.3, -0.25) is 0 Å². The normalized spacial score (nSPS) is 28.1. The van der Waals surface area contributed by atoms with Crippen molar-refractivity contribution in [2.45, 2.75) is 25.8 Å². The molecular formula is C10H18N4O. The molecule has 0 radical (unpaired) electrons. The molecule has 0 aliphatic carbocycles. The van der Waals surface area contributed by atoms with Crippen LogP contribution in [0.2, 0.25) is 0 Å². The van der Waals surface area contributed by atoms with E-state index in [-0.39, 0.29) is 0 Å². The average Bonchev–Trinajstić information content (AvgIpc) is 2.73. The molecule has 1 aromatic heterocycles. The maximum atomic E-state index is 5.96. The number of piperidine rings is 1. The third-order valence-corrected chi connectivity index (χ3v) is 3.11. The van der Waals surface area contributed by atoms with Crippen LogP contribution in [0.3, 0.4) is 0 Å². The van der Waals surface area contributed by atoms with Crippen molar-refractivity contribution in [2.24, 2.45) is 11.7 Å². The molecule has 5 nitrogen and oxygen atoms in total. The lowest BCUT2D eigenvalue weighted by Crippen LogP contribution is -2.46. The zero-order chi connectivity index (χ0) is 10.7. The van der Waals surface area contributed by atoms with Gasteiger partial charge >= 0.3 is 0 Å². The Hall–Kier alpha value is -0.940. The van der Waals surface area contributed by atoms with Gasteiger partial charge < -0.3 is 15.2 Å². The van der Waals surface area contributed by atoms with Gasteiger partial charge in [0.05, 0.1) is 0 Å². The highest BCUT2D eigenvalue weighted by Crippen LogP contribution is 2.14. The van der Waals surface area contributed by atoms with Crippen LogP contribution in [0.15, 0.2) is 10.9 Å². The van der Waals surface area contributed by atoms with E-state index >= 15 is 0 Å². The number of nitrogens with zero attached hydrogens (tertiary/aromatic N) is 3. The fourth-order valence-electron chi connectivity index (χ4n) is 2.01. The molecular weight excluding hydrogens is 192 g/mol. The Morgan fingerprint density at radius 3 is 3.20 bits per heavy atom. The van der Waals surface area contributed by atoms with Crippen molar-refractivity contribution in [3.8, 4) is 0 Å². The van der Waals surface area contributed by atoms with Gasteiger partial charge in [0.2, 0.25) is 6.39 Å². The van der Waals surface area contributed by atoms with Crippen LogP contribution in [-0.2, 0) is 6.42 Å². The smallest absolute Gasteiger partial charge is 0.213 e. The van der Waals surface area contributed by atoms with Crippen molar-refractivity contribution in [1.82, 2.24) is 15.0 Å². The Kier molecular flexibility index (Phi) is 3.33. The van der Waals surface area contributed by atoms with E-state index in [0.717, 1.165) is 38.3 Å². The lowest BCUT2D eigenvalue weighted by atomic mass is 9.95. The SMILES string of the molecule is CC1CN(CCc2ncon2)CCC1N. The Morgan fingerprint density at radius 1 is 1.67 bits per heavy atom. The maximum Gasteiger partial charge on any atom is 0.213 e. The molecule has 2 heterocycles. The van der Waals surface area contributed by atoms with Crippen molar-refractivity contribution >= 4 is 0 Å². The van der Waals surface area contributed by atoms with Crippen LogP contribution in [0.5, 0.6) is 0 Å². The van der Waals surface area contributed by atoms with E-state index in [4.69, 9.17) is 10.3 Å². The van der Waals surface area contributed by atoms with Gasteiger partial charge in [0.1, 0.15) is 0 Å². The van der Waals surface area contributed by atoms with Crippen molar-refractivity contribution in [2.75, 3.05) is 19.6 Å². The van der Waals surface area contributed by atoms with E-state index in [1.165, 1.54) is 6.39 Å². The summed E-state index contributed by atoms with van der Waals surface area (Å²) in [7, 11) is 0. The number of nitrogens with two attached hydrogens (primary N) is 1.